The van der Waals surface area contributed by atoms with E-state index < -0.39 is 5.91 Å². The number of carbonyl (C=O) groups is 2. The van der Waals surface area contributed by atoms with Crippen molar-refractivity contribution in [2.45, 2.75) is 0 Å². The lowest BCUT2D eigenvalue weighted by molar-refractivity contribution is -0.112. The Morgan fingerprint density at radius 2 is 2.23 bits per heavy atom. The molecule has 1 amide bonds. The van der Waals surface area contributed by atoms with Gasteiger partial charge in [0.2, 0.25) is 0 Å². The molecule has 2 N–H and O–H groups in total. The van der Waals surface area contributed by atoms with E-state index in [0.29, 0.717) is 11.1 Å². The number of hydrogen-bond acceptors (Lipinski definition) is 2. The van der Waals surface area contributed by atoms with Gasteiger partial charge in [0.15, 0.2) is 0 Å². The second-order valence-corrected chi connectivity index (χ2v) is 2.36. The molecule has 3 nitrogen and oxygen atoms in total. The van der Waals surface area contributed by atoms with Gasteiger partial charge in [0.25, 0.3) is 5.91 Å². The minimum Gasteiger partial charge on any atom is -0.359 e. The molecule has 0 aliphatic heterocycles. The van der Waals surface area contributed by atoms with Gasteiger partial charge in [-0.2, -0.15) is 0 Å². The molecule has 0 fully saturated rings. The molecule has 0 unspecified atom stereocenters. The van der Waals surface area contributed by atoms with Gasteiger partial charge in [-0.15, -0.1) is 0 Å². The Hall–Kier alpha value is -2.08. The van der Waals surface area contributed by atoms with Crippen LogP contribution in [0.3, 0.4) is 0 Å². The molecule has 0 bridgehead atoms. The fraction of sp³-hybridized carbons (Fsp3) is 0. The molecule has 0 saturated heterocycles. The van der Waals surface area contributed by atoms with Crippen LogP contribution in [-0.4, -0.2) is 12.2 Å². The maximum absolute atomic E-state index is 10.4. The van der Waals surface area contributed by atoms with Gasteiger partial charge in [-0.25, -0.2) is 0 Å². The van der Waals surface area contributed by atoms with Crippen molar-refractivity contribution in [2.75, 3.05) is 0 Å². The van der Waals surface area contributed by atoms with E-state index >= 15 is 0 Å². The van der Waals surface area contributed by atoms with E-state index in [4.69, 9.17) is 5.73 Å². The normalized spacial score (nSPS) is 8.31. The van der Waals surface area contributed by atoms with Gasteiger partial charge >= 0.3 is 0 Å². The molecule has 1 aromatic rings. The largest absolute Gasteiger partial charge is 0.359 e. The number of rotatable bonds is 1. The van der Waals surface area contributed by atoms with Crippen LogP contribution in [0.25, 0.3) is 0 Å². The molecule has 0 spiro atoms. The summed E-state index contributed by atoms with van der Waals surface area (Å²) in [6, 6.07) is 6.63. The molecule has 0 saturated carbocycles. The van der Waals surface area contributed by atoms with E-state index in [9.17, 15) is 9.59 Å². The Kier molecular flexibility index (Phi) is 2.82. The summed E-state index contributed by atoms with van der Waals surface area (Å²) >= 11 is 0. The fourth-order valence-corrected chi connectivity index (χ4v) is 0.823. The van der Waals surface area contributed by atoms with Gasteiger partial charge in [0.1, 0.15) is 6.29 Å². The molecular weight excluding hydrogens is 166 g/mol. The van der Waals surface area contributed by atoms with Crippen LogP contribution in [0.2, 0.25) is 0 Å². The van der Waals surface area contributed by atoms with E-state index in [1.165, 1.54) is 0 Å². The van der Waals surface area contributed by atoms with Gasteiger partial charge in [-0.05, 0) is 18.1 Å². The van der Waals surface area contributed by atoms with Gasteiger partial charge in [0.05, 0.1) is 0 Å². The van der Waals surface area contributed by atoms with Crippen molar-refractivity contribution in [3.63, 3.8) is 0 Å². The lowest BCUT2D eigenvalue weighted by Gasteiger charge is -1.90. The lowest BCUT2D eigenvalue weighted by atomic mass is 10.1. The average molecular weight is 173 g/mol. The highest BCUT2D eigenvalue weighted by Gasteiger charge is 1.90. The van der Waals surface area contributed by atoms with Crippen LogP contribution in [0.1, 0.15) is 15.9 Å². The van der Waals surface area contributed by atoms with Crippen molar-refractivity contribution < 1.29 is 9.59 Å². The Morgan fingerprint density at radius 1 is 1.46 bits per heavy atom. The second-order valence-electron chi connectivity index (χ2n) is 2.36. The molecular formula is C10H7NO2. The topological polar surface area (TPSA) is 60.2 Å². The minimum absolute atomic E-state index is 0.524. The zero-order valence-corrected chi connectivity index (χ0v) is 6.78. The van der Waals surface area contributed by atoms with E-state index in [0.717, 1.165) is 6.29 Å². The van der Waals surface area contributed by atoms with Crippen molar-refractivity contribution in [3.05, 3.63) is 35.4 Å². The number of benzene rings is 1. The van der Waals surface area contributed by atoms with Gasteiger partial charge in [0, 0.05) is 11.1 Å². The van der Waals surface area contributed by atoms with Gasteiger partial charge in [-0.3, -0.25) is 9.59 Å². The van der Waals surface area contributed by atoms with Crippen molar-refractivity contribution in [3.8, 4) is 11.8 Å². The summed E-state index contributed by atoms with van der Waals surface area (Å²) in [6.45, 7) is 0. The summed E-state index contributed by atoms with van der Waals surface area (Å²) in [5.41, 5.74) is 5.95. The lowest BCUT2D eigenvalue weighted by Crippen LogP contribution is -2.06. The third-order valence-corrected chi connectivity index (χ3v) is 1.35. The van der Waals surface area contributed by atoms with Gasteiger partial charge in [-0.1, -0.05) is 18.1 Å². The highest BCUT2D eigenvalue weighted by molar-refractivity contribution is 5.92. The molecule has 0 radical (unpaired) electrons. The molecule has 0 aliphatic carbocycles. The molecule has 64 valence electrons. The number of hydrogen-bond donors (Lipinski definition) is 1. The maximum Gasteiger partial charge on any atom is 0.293 e. The maximum atomic E-state index is 10.4. The van der Waals surface area contributed by atoms with Crippen LogP contribution in [0.5, 0.6) is 0 Å². The van der Waals surface area contributed by atoms with Gasteiger partial charge < -0.3 is 5.73 Å². The summed E-state index contributed by atoms with van der Waals surface area (Å²) < 4.78 is 0. The zero-order chi connectivity index (χ0) is 9.68. The first kappa shape index (κ1) is 9.01. The highest BCUT2D eigenvalue weighted by atomic mass is 16.1. The summed E-state index contributed by atoms with van der Waals surface area (Å²) in [6.07, 6.45) is 0.718. The fourth-order valence-electron chi connectivity index (χ4n) is 0.823. The number of amides is 1. The standard InChI is InChI=1S/C10H7NO2/c11-10(13)5-4-8-2-1-3-9(6-8)7-12/h1-3,6-7H,(H2,11,13). The molecule has 0 aliphatic rings. The first-order chi connectivity index (χ1) is 6.22. The van der Waals surface area contributed by atoms with Crippen LogP contribution >= 0.6 is 0 Å². The van der Waals surface area contributed by atoms with Crippen LogP contribution in [-0.2, 0) is 4.79 Å². The second kappa shape index (κ2) is 4.07. The average Bonchev–Trinajstić information content (AvgIpc) is 2.15. The molecule has 13 heavy (non-hydrogen) atoms. The highest BCUT2D eigenvalue weighted by Crippen LogP contribution is 2.00. The predicted octanol–water partition coefficient (Wildman–Crippen LogP) is 0.336. The van der Waals surface area contributed by atoms with Crippen LogP contribution < -0.4 is 5.73 Å². The van der Waals surface area contributed by atoms with Crippen molar-refractivity contribution in [2.24, 2.45) is 5.73 Å². The SMILES string of the molecule is NC(=O)C#Cc1cccc(C=O)c1. The summed E-state index contributed by atoms with van der Waals surface area (Å²) in [7, 11) is 0. The third-order valence-electron chi connectivity index (χ3n) is 1.35. The molecule has 3 heteroatoms. The van der Waals surface area contributed by atoms with Crippen LogP contribution in [0, 0.1) is 11.8 Å². The van der Waals surface area contributed by atoms with Crippen LogP contribution in [0.4, 0.5) is 0 Å². The Bertz CT molecular complexity index is 399. The number of aldehydes is 1. The molecule has 0 aromatic heterocycles. The Labute approximate surface area is 75.6 Å². The predicted molar refractivity (Wildman–Crippen MR) is 47.9 cm³/mol. The van der Waals surface area contributed by atoms with E-state index in [-0.39, 0.29) is 0 Å². The smallest absolute Gasteiger partial charge is 0.293 e. The molecule has 0 atom stereocenters. The third kappa shape index (κ3) is 2.80. The summed E-state index contributed by atoms with van der Waals surface area (Å²) in [4.78, 5) is 20.7. The Morgan fingerprint density at radius 3 is 2.85 bits per heavy atom. The number of primary amides is 1. The quantitative estimate of drug-likeness (QED) is 0.491. The Balaban J connectivity index is 2.98. The minimum atomic E-state index is -0.684. The molecule has 1 rings (SSSR count). The van der Waals surface area contributed by atoms with Crippen molar-refractivity contribution in [1.29, 1.82) is 0 Å². The zero-order valence-electron chi connectivity index (χ0n) is 6.78. The molecule has 0 heterocycles. The number of carbonyl (C=O) groups excluding carboxylic acids is 2. The van der Waals surface area contributed by atoms with E-state index in [2.05, 4.69) is 11.8 Å². The monoisotopic (exact) mass is 173 g/mol. The van der Waals surface area contributed by atoms with Crippen molar-refractivity contribution in [1.82, 2.24) is 0 Å². The summed E-state index contributed by atoms with van der Waals surface area (Å²) in [5.74, 6) is 4.04. The first-order valence-electron chi connectivity index (χ1n) is 3.59. The first-order valence-corrected chi connectivity index (χ1v) is 3.59. The van der Waals surface area contributed by atoms with Crippen LogP contribution in [0.15, 0.2) is 24.3 Å². The van der Waals surface area contributed by atoms with E-state index in [1.807, 2.05) is 0 Å². The van der Waals surface area contributed by atoms with Crippen molar-refractivity contribution >= 4 is 12.2 Å². The summed E-state index contributed by atoms with van der Waals surface area (Å²) in [5, 5.41) is 0. The number of nitrogens with two attached hydrogens (primary N) is 1. The van der Waals surface area contributed by atoms with E-state index in [1.54, 1.807) is 24.3 Å². The molecule has 1 aromatic carbocycles.